The third kappa shape index (κ3) is 2.59. The second kappa shape index (κ2) is 4.93. The molecule has 0 spiro atoms. The van der Waals surface area contributed by atoms with Gasteiger partial charge in [-0.3, -0.25) is 0 Å². The zero-order valence-electron chi connectivity index (χ0n) is 9.22. The van der Waals surface area contributed by atoms with Gasteiger partial charge in [-0.15, -0.1) is 0 Å². The summed E-state index contributed by atoms with van der Waals surface area (Å²) in [5, 5.41) is 8.11. The van der Waals surface area contributed by atoms with E-state index in [1.54, 1.807) is 13.8 Å². The lowest BCUT2D eigenvalue weighted by molar-refractivity contribution is 0.180. The normalized spacial score (nSPS) is 14.1. The van der Waals surface area contributed by atoms with Gasteiger partial charge in [0.2, 0.25) is 0 Å². The molecular weight excluding hydrogens is 231 g/mol. The molecule has 0 bridgehead atoms. The van der Waals surface area contributed by atoms with Crippen LogP contribution in [-0.4, -0.2) is 25.4 Å². The summed E-state index contributed by atoms with van der Waals surface area (Å²) in [6, 6.07) is 5.51. The summed E-state index contributed by atoms with van der Waals surface area (Å²) in [7, 11) is -3.31. The van der Waals surface area contributed by atoms with Crippen molar-refractivity contribution in [1.82, 2.24) is 0 Å². The van der Waals surface area contributed by atoms with Gasteiger partial charge in [0.25, 0.3) is 0 Å². The van der Waals surface area contributed by atoms with Crippen LogP contribution in [-0.2, 0) is 9.84 Å². The minimum Gasteiger partial charge on any atom is -0.393 e. The third-order valence-electron chi connectivity index (χ3n) is 2.35. The van der Waals surface area contributed by atoms with E-state index >= 15 is 0 Å². The molecule has 1 rings (SSSR count). The second-order valence-corrected chi connectivity index (χ2v) is 6.32. The molecule has 1 N–H and O–H groups in total. The zero-order valence-corrected chi connectivity index (χ0v) is 10.0. The van der Waals surface area contributed by atoms with Crippen LogP contribution in [0.4, 0.5) is 4.39 Å². The number of benzene rings is 1. The van der Waals surface area contributed by atoms with Gasteiger partial charge in [-0.05, 0) is 31.5 Å². The molecule has 0 aliphatic carbocycles. The first kappa shape index (κ1) is 13.1. The van der Waals surface area contributed by atoms with Crippen LogP contribution in [0.15, 0.2) is 29.2 Å². The first-order chi connectivity index (χ1) is 7.39. The number of rotatable bonds is 4. The first-order valence-corrected chi connectivity index (χ1v) is 6.53. The van der Waals surface area contributed by atoms with E-state index in [1.165, 1.54) is 24.3 Å². The number of sulfone groups is 1. The highest BCUT2D eigenvalue weighted by atomic mass is 32.2. The Hall–Kier alpha value is -0.940. The molecule has 0 saturated carbocycles. The lowest BCUT2D eigenvalue weighted by Gasteiger charge is -2.09. The van der Waals surface area contributed by atoms with Crippen LogP contribution < -0.4 is 0 Å². The summed E-state index contributed by atoms with van der Waals surface area (Å²) in [6.45, 7) is 2.58. The molecule has 1 aromatic carbocycles. The van der Waals surface area contributed by atoms with Crippen LogP contribution >= 0.6 is 0 Å². The van der Waals surface area contributed by atoms with Gasteiger partial charge in [0.1, 0.15) is 6.17 Å². The Morgan fingerprint density at radius 2 is 1.75 bits per heavy atom. The molecule has 0 fully saturated rings. The number of aliphatic hydroxyl groups is 1. The fraction of sp³-hybridized carbons (Fsp3) is 0.455. The lowest BCUT2D eigenvalue weighted by Crippen LogP contribution is -2.14. The van der Waals surface area contributed by atoms with E-state index in [0.29, 0.717) is 0 Å². The van der Waals surface area contributed by atoms with Crippen molar-refractivity contribution in [3.63, 3.8) is 0 Å². The second-order valence-electron chi connectivity index (χ2n) is 3.81. The van der Waals surface area contributed by atoms with Crippen LogP contribution in [0, 0.1) is 0 Å². The summed E-state index contributed by atoms with van der Waals surface area (Å²) in [5.41, 5.74) is 0.283. The monoisotopic (exact) mass is 246 g/mol. The Kier molecular flexibility index (Phi) is 4.04. The van der Waals surface area contributed by atoms with E-state index in [0.717, 1.165) is 0 Å². The standard InChI is InChI=1S/C11H15FO3S/c1-8(2)16(14,15)10-5-3-9(4-6-10)11(12)7-13/h3-6,8,11,13H,7H2,1-2H3. The minimum absolute atomic E-state index is 0.177. The van der Waals surface area contributed by atoms with Gasteiger partial charge >= 0.3 is 0 Å². The van der Waals surface area contributed by atoms with Gasteiger partial charge in [0, 0.05) is 0 Å². The third-order valence-corrected chi connectivity index (χ3v) is 4.52. The number of alkyl halides is 1. The van der Waals surface area contributed by atoms with Gasteiger partial charge in [0.05, 0.1) is 16.8 Å². The molecule has 0 aromatic heterocycles. The van der Waals surface area contributed by atoms with Crippen LogP contribution in [0.3, 0.4) is 0 Å². The summed E-state index contributed by atoms with van der Waals surface area (Å²) < 4.78 is 36.5. The van der Waals surface area contributed by atoms with Crippen molar-refractivity contribution in [2.45, 2.75) is 30.2 Å². The molecule has 1 atom stereocenters. The van der Waals surface area contributed by atoms with E-state index in [9.17, 15) is 12.8 Å². The maximum Gasteiger partial charge on any atom is 0.180 e. The number of halogens is 1. The van der Waals surface area contributed by atoms with Gasteiger partial charge in [0.15, 0.2) is 9.84 Å². The summed E-state index contributed by atoms with van der Waals surface area (Å²) in [6.07, 6.45) is -1.46. The Balaban J connectivity index is 3.05. The Labute approximate surface area is 94.8 Å². The number of aliphatic hydroxyl groups excluding tert-OH is 1. The summed E-state index contributed by atoms with van der Waals surface area (Å²) in [5.74, 6) is 0. The smallest absolute Gasteiger partial charge is 0.180 e. The van der Waals surface area contributed by atoms with Crippen molar-refractivity contribution in [3.05, 3.63) is 29.8 Å². The van der Waals surface area contributed by atoms with E-state index < -0.39 is 27.9 Å². The predicted molar refractivity (Wildman–Crippen MR) is 59.7 cm³/mol. The van der Waals surface area contributed by atoms with Crippen molar-refractivity contribution < 1.29 is 17.9 Å². The Morgan fingerprint density at radius 3 is 2.12 bits per heavy atom. The van der Waals surface area contributed by atoms with Gasteiger partial charge in [-0.25, -0.2) is 12.8 Å². The van der Waals surface area contributed by atoms with Gasteiger partial charge in [-0.1, -0.05) is 12.1 Å². The molecular formula is C11H15FO3S. The van der Waals surface area contributed by atoms with E-state index in [4.69, 9.17) is 5.11 Å². The van der Waals surface area contributed by atoms with Crippen LogP contribution in [0.5, 0.6) is 0 Å². The molecule has 0 saturated heterocycles. The predicted octanol–water partition coefficient (Wildman–Crippen LogP) is 1.87. The van der Waals surface area contributed by atoms with Crippen LogP contribution in [0.1, 0.15) is 25.6 Å². The average Bonchev–Trinajstić information content (AvgIpc) is 2.28. The molecule has 90 valence electrons. The molecule has 3 nitrogen and oxygen atoms in total. The van der Waals surface area contributed by atoms with E-state index in [1.807, 2.05) is 0 Å². The Bertz CT molecular complexity index is 437. The average molecular weight is 246 g/mol. The molecule has 1 unspecified atom stereocenters. The maximum atomic E-state index is 13.1. The van der Waals surface area contributed by atoms with Gasteiger partial charge < -0.3 is 5.11 Å². The Morgan fingerprint density at radius 1 is 1.25 bits per heavy atom. The van der Waals surface area contributed by atoms with Crippen LogP contribution in [0.2, 0.25) is 0 Å². The molecule has 0 aliphatic rings. The fourth-order valence-electron chi connectivity index (χ4n) is 1.24. The maximum absolute atomic E-state index is 13.1. The summed E-state index contributed by atoms with van der Waals surface area (Å²) in [4.78, 5) is 0.177. The van der Waals surface area contributed by atoms with E-state index in [2.05, 4.69) is 0 Å². The number of hydrogen-bond acceptors (Lipinski definition) is 3. The highest BCUT2D eigenvalue weighted by Gasteiger charge is 2.19. The fourth-order valence-corrected chi connectivity index (χ4v) is 2.30. The number of hydrogen-bond donors (Lipinski definition) is 1. The van der Waals surface area contributed by atoms with Crippen LogP contribution in [0.25, 0.3) is 0 Å². The molecule has 0 heterocycles. The van der Waals surface area contributed by atoms with Crippen molar-refractivity contribution in [2.24, 2.45) is 0 Å². The van der Waals surface area contributed by atoms with Crippen molar-refractivity contribution in [3.8, 4) is 0 Å². The molecule has 5 heteroatoms. The molecule has 1 aromatic rings. The topological polar surface area (TPSA) is 54.4 Å². The highest BCUT2D eigenvalue weighted by molar-refractivity contribution is 7.92. The quantitative estimate of drug-likeness (QED) is 0.882. The minimum atomic E-state index is -3.31. The van der Waals surface area contributed by atoms with Crippen molar-refractivity contribution in [2.75, 3.05) is 6.61 Å². The molecule has 0 amide bonds. The van der Waals surface area contributed by atoms with E-state index in [-0.39, 0.29) is 10.5 Å². The highest BCUT2D eigenvalue weighted by Crippen LogP contribution is 2.21. The SMILES string of the molecule is CC(C)S(=O)(=O)c1ccc(C(F)CO)cc1. The lowest BCUT2D eigenvalue weighted by atomic mass is 10.1. The molecule has 0 radical (unpaired) electrons. The zero-order chi connectivity index (χ0) is 12.3. The molecule has 0 aliphatic heterocycles. The largest absolute Gasteiger partial charge is 0.393 e. The summed E-state index contributed by atoms with van der Waals surface area (Å²) >= 11 is 0. The van der Waals surface area contributed by atoms with Crippen molar-refractivity contribution >= 4 is 9.84 Å². The molecule has 16 heavy (non-hydrogen) atoms. The van der Waals surface area contributed by atoms with Gasteiger partial charge in [-0.2, -0.15) is 0 Å². The first-order valence-electron chi connectivity index (χ1n) is 4.98. The van der Waals surface area contributed by atoms with Crippen molar-refractivity contribution in [1.29, 1.82) is 0 Å².